The molecule has 6 heteroatoms. The van der Waals surface area contributed by atoms with Crippen LogP contribution in [0.25, 0.3) is 10.8 Å². The standard InChI is InChI=1S/C27H34F3NO2/c1-2-3-26(32)20-12-14-31(15-13-20)18-19-4-5-22-17-25(9-6-21(22)16-19)33-24-10-7-23(8-11-24)27(28,29)30/h4-6,9,16-17,20,23-24H,2-3,7-8,10-15,18H2,1H3. The first-order valence-electron chi connectivity index (χ1n) is 12.3. The van der Waals surface area contributed by atoms with Gasteiger partial charge in [0.05, 0.1) is 12.0 Å². The minimum absolute atomic E-state index is 0.146. The van der Waals surface area contributed by atoms with Crippen LogP contribution in [0.3, 0.4) is 0 Å². The van der Waals surface area contributed by atoms with Gasteiger partial charge in [0.1, 0.15) is 11.5 Å². The Morgan fingerprint density at radius 3 is 2.30 bits per heavy atom. The van der Waals surface area contributed by atoms with E-state index in [1.54, 1.807) is 0 Å². The first-order chi connectivity index (χ1) is 15.8. The second kappa shape index (κ2) is 10.5. The first kappa shape index (κ1) is 24.1. The third kappa shape index (κ3) is 6.28. The number of halogens is 3. The number of carbonyl (C=O) groups is 1. The van der Waals surface area contributed by atoms with Crippen LogP contribution < -0.4 is 4.74 Å². The Morgan fingerprint density at radius 2 is 1.64 bits per heavy atom. The molecule has 0 N–H and O–H groups in total. The lowest BCUT2D eigenvalue weighted by Gasteiger charge is -2.31. The third-order valence-electron chi connectivity index (χ3n) is 7.26. The maximum atomic E-state index is 12.9. The molecule has 0 aromatic heterocycles. The van der Waals surface area contributed by atoms with Gasteiger partial charge < -0.3 is 4.74 Å². The van der Waals surface area contributed by atoms with E-state index in [9.17, 15) is 18.0 Å². The van der Waals surface area contributed by atoms with E-state index in [0.717, 1.165) is 55.4 Å². The number of hydrogen-bond acceptors (Lipinski definition) is 3. The summed E-state index contributed by atoms with van der Waals surface area (Å²) in [6.07, 6.45) is 0.503. The minimum atomic E-state index is -4.09. The van der Waals surface area contributed by atoms with E-state index in [2.05, 4.69) is 30.0 Å². The van der Waals surface area contributed by atoms with Crippen LogP contribution in [0, 0.1) is 11.8 Å². The molecule has 1 saturated carbocycles. The van der Waals surface area contributed by atoms with Gasteiger partial charge in [0.15, 0.2) is 0 Å². The number of fused-ring (bicyclic) bond motifs is 1. The highest BCUT2D eigenvalue weighted by Gasteiger charge is 2.41. The Labute approximate surface area is 194 Å². The summed E-state index contributed by atoms with van der Waals surface area (Å²) in [4.78, 5) is 14.6. The predicted octanol–water partition coefficient (Wildman–Crippen LogP) is 6.92. The van der Waals surface area contributed by atoms with Crippen molar-refractivity contribution in [2.45, 2.75) is 77.1 Å². The van der Waals surface area contributed by atoms with Crippen LogP contribution in [0.5, 0.6) is 5.75 Å². The van der Waals surface area contributed by atoms with Gasteiger partial charge in [0, 0.05) is 18.9 Å². The number of benzene rings is 2. The first-order valence-corrected chi connectivity index (χ1v) is 12.3. The van der Waals surface area contributed by atoms with E-state index in [4.69, 9.17) is 4.74 Å². The fourth-order valence-electron chi connectivity index (χ4n) is 5.27. The van der Waals surface area contributed by atoms with E-state index in [-0.39, 0.29) is 24.9 Å². The monoisotopic (exact) mass is 461 g/mol. The summed E-state index contributed by atoms with van der Waals surface area (Å²) in [6.45, 7) is 4.86. The zero-order valence-corrected chi connectivity index (χ0v) is 19.4. The van der Waals surface area contributed by atoms with Crippen LogP contribution in [-0.4, -0.2) is 36.1 Å². The van der Waals surface area contributed by atoms with Crippen molar-refractivity contribution >= 4 is 16.6 Å². The van der Waals surface area contributed by atoms with Gasteiger partial charge in [-0.05, 0) is 92.6 Å². The number of alkyl halides is 3. The fourth-order valence-corrected chi connectivity index (χ4v) is 5.27. The minimum Gasteiger partial charge on any atom is -0.490 e. The van der Waals surface area contributed by atoms with Gasteiger partial charge in [-0.3, -0.25) is 9.69 Å². The molecular formula is C27H34F3NO2. The number of hydrogen-bond donors (Lipinski definition) is 0. The van der Waals surface area contributed by atoms with Crippen LogP contribution in [0.2, 0.25) is 0 Å². The van der Waals surface area contributed by atoms with E-state index < -0.39 is 12.1 Å². The van der Waals surface area contributed by atoms with Crippen molar-refractivity contribution < 1.29 is 22.7 Å². The zero-order valence-electron chi connectivity index (χ0n) is 19.4. The van der Waals surface area contributed by atoms with Crippen molar-refractivity contribution in [2.75, 3.05) is 13.1 Å². The fraction of sp³-hybridized carbons (Fsp3) is 0.593. The highest BCUT2D eigenvalue weighted by atomic mass is 19.4. The average Bonchev–Trinajstić information content (AvgIpc) is 2.79. The van der Waals surface area contributed by atoms with Gasteiger partial charge in [-0.15, -0.1) is 0 Å². The number of nitrogens with zero attached hydrogens (tertiary/aromatic N) is 1. The molecule has 4 rings (SSSR count). The molecule has 1 aliphatic carbocycles. The number of ether oxygens (including phenoxy) is 1. The number of carbonyl (C=O) groups excluding carboxylic acids is 1. The SMILES string of the molecule is CCCC(=O)C1CCN(Cc2ccc3cc(OC4CCC(C(F)(F)F)CC4)ccc3c2)CC1. The summed E-state index contributed by atoms with van der Waals surface area (Å²) in [7, 11) is 0. The second-order valence-corrected chi connectivity index (χ2v) is 9.74. The molecule has 0 bridgehead atoms. The summed E-state index contributed by atoms with van der Waals surface area (Å²) < 4.78 is 44.6. The Hall–Kier alpha value is -2.08. The van der Waals surface area contributed by atoms with E-state index >= 15 is 0 Å². The van der Waals surface area contributed by atoms with Crippen LogP contribution >= 0.6 is 0 Å². The van der Waals surface area contributed by atoms with Gasteiger partial charge in [0.2, 0.25) is 0 Å². The molecule has 180 valence electrons. The van der Waals surface area contributed by atoms with Gasteiger partial charge in [0.25, 0.3) is 0 Å². The molecule has 1 saturated heterocycles. The molecule has 0 atom stereocenters. The number of piperidine rings is 1. The Balaban J connectivity index is 1.31. The molecule has 2 aromatic carbocycles. The summed E-state index contributed by atoms with van der Waals surface area (Å²) in [5, 5.41) is 2.21. The summed E-state index contributed by atoms with van der Waals surface area (Å²) in [6, 6.07) is 12.4. The van der Waals surface area contributed by atoms with Crippen molar-refractivity contribution in [1.29, 1.82) is 0 Å². The molecule has 0 radical (unpaired) electrons. The molecule has 1 heterocycles. The number of ketones is 1. The largest absolute Gasteiger partial charge is 0.490 e. The Bertz CT molecular complexity index is 942. The molecule has 1 aliphatic heterocycles. The number of rotatable bonds is 7. The zero-order chi connectivity index (χ0) is 23.4. The predicted molar refractivity (Wildman–Crippen MR) is 124 cm³/mol. The van der Waals surface area contributed by atoms with Crippen LogP contribution in [0.4, 0.5) is 13.2 Å². The lowest BCUT2D eigenvalue weighted by Crippen LogP contribution is -2.35. The van der Waals surface area contributed by atoms with Gasteiger partial charge >= 0.3 is 6.18 Å². The topological polar surface area (TPSA) is 29.5 Å². The van der Waals surface area contributed by atoms with E-state index in [0.29, 0.717) is 25.0 Å². The van der Waals surface area contributed by atoms with Crippen molar-refractivity contribution in [3.63, 3.8) is 0 Å². The maximum Gasteiger partial charge on any atom is 0.391 e. The smallest absolute Gasteiger partial charge is 0.391 e. The normalized spacial score (nSPS) is 23.0. The maximum absolute atomic E-state index is 12.9. The van der Waals surface area contributed by atoms with E-state index in [1.165, 1.54) is 5.56 Å². The lowest BCUT2D eigenvalue weighted by molar-refractivity contribution is -0.185. The number of Topliss-reactive ketones (excluding diaryl/α,β-unsaturated/α-hetero) is 1. The molecular weight excluding hydrogens is 427 g/mol. The second-order valence-electron chi connectivity index (χ2n) is 9.74. The quantitative estimate of drug-likeness (QED) is 0.448. The van der Waals surface area contributed by atoms with Gasteiger partial charge in [-0.2, -0.15) is 13.2 Å². The highest BCUT2D eigenvalue weighted by molar-refractivity contribution is 5.84. The molecule has 3 nitrogen and oxygen atoms in total. The highest BCUT2D eigenvalue weighted by Crippen LogP contribution is 2.38. The summed E-state index contributed by atoms with van der Waals surface area (Å²) in [5.74, 6) is 0.202. The summed E-state index contributed by atoms with van der Waals surface area (Å²) >= 11 is 0. The van der Waals surface area contributed by atoms with Crippen molar-refractivity contribution in [3.8, 4) is 5.75 Å². The van der Waals surface area contributed by atoms with E-state index in [1.807, 2.05) is 18.2 Å². The van der Waals surface area contributed by atoms with Crippen LogP contribution in [0.15, 0.2) is 36.4 Å². The third-order valence-corrected chi connectivity index (χ3v) is 7.26. The Kier molecular flexibility index (Phi) is 7.62. The lowest BCUT2D eigenvalue weighted by atomic mass is 9.87. The van der Waals surface area contributed by atoms with Crippen LogP contribution in [-0.2, 0) is 11.3 Å². The Morgan fingerprint density at radius 1 is 0.970 bits per heavy atom. The number of likely N-dealkylation sites (tertiary alicyclic amines) is 1. The molecule has 2 aromatic rings. The van der Waals surface area contributed by atoms with Crippen molar-refractivity contribution in [2.24, 2.45) is 11.8 Å². The molecule has 2 fully saturated rings. The summed E-state index contributed by atoms with van der Waals surface area (Å²) in [5.41, 5.74) is 1.25. The van der Waals surface area contributed by atoms with Crippen LogP contribution in [0.1, 0.15) is 63.9 Å². The molecule has 33 heavy (non-hydrogen) atoms. The molecule has 2 aliphatic rings. The van der Waals surface area contributed by atoms with Gasteiger partial charge in [-0.25, -0.2) is 0 Å². The van der Waals surface area contributed by atoms with Gasteiger partial charge in [-0.1, -0.05) is 25.1 Å². The van der Waals surface area contributed by atoms with Crippen molar-refractivity contribution in [3.05, 3.63) is 42.0 Å². The molecule has 0 unspecified atom stereocenters. The molecule has 0 spiro atoms. The van der Waals surface area contributed by atoms with Crippen molar-refractivity contribution in [1.82, 2.24) is 4.90 Å². The molecule has 0 amide bonds. The average molecular weight is 462 g/mol.